The summed E-state index contributed by atoms with van der Waals surface area (Å²) in [5.41, 5.74) is 0. The van der Waals surface area contributed by atoms with Crippen molar-refractivity contribution < 1.29 is 4.79 Å². The minimum absolute atomic E-state index is 0.0658. The summed E-state index contributed by atoms with van der Waals surface area (Å²) in [6.45, 7) is 2.90. The standard InChI is InChI=1S/C15H29N3O/c1-18(13-7-3-2-4-8-13)12-6-11-17-15(19)14-9-5-10-16-14/h13-14,16H,2-12H2,1H3,(H,17,19). The highest BCUT2D eigenvalue weighted by Gasteiger charge is 2.21. The summed E-state index contributed by atoms with van der Waals surface area (Å²) in [4.78, 5) is 14.3. The molecule has 0 aromatic carbocycles. The van der Waals surface area contributed by atoms with Gasteiger partial charge in [-0.25, -0.2) is 0 Å². The summed E-state index contributed by atoms with van der Waals surface area (Å²) >= 11 is 0. The number of hydrogen-bond acceptors (Lipinski definition) is 3. The highest BCUT2D eigenvalue weighted by Crippen LogP contribution is 2.21. The van der Waals surface area contributed by atoms with Gasteiger partial charge in [-0.3, -0.25) is 4.79 Å². The van der Waals surface area contributed by atoms with Gasteiger partial charge in [0.05, 0.1) is 6.04 Å². The van der Waals surface area contributed by atoms with E-state index in [-0.39, 0.29) is 11.9 Å². The predicted octanol–water partition coefficient (Wildman–Crippen LogP) is 1.51. The van der Waals surface area contributed by atoms with E-state index in [4.69, 9.17) is 0 Å². The zero-order valence-corrected chi connectivity index (χ0v) is 12.3. The molecule has 1 saturated heterocycles. The zero-order chi connectivity index (χ0) is 13.5. The molecule has 0 aromatic heterocycles. The molecule has 110 valence electrons. The Kier molecular flexibility index (Phi) is 6.11. The monoisotopic (exact) mass is 267 g/mol. The second kappa shape index (κ2) is 7.85. The summed E-state index contributed by atoms with van der Waals surface area (Å²) in [5, 5.41) is 6.29. The normalized spacial score (nSPS) is 24.8. The summed E-state index contributed by atoms with van der Waals surface area (Å²) < 4.78 is 0. The third kappa shape index (κ3) is 4.77. The smallest absolute Gasteiger partial charge is 0.237 e. The summed E-state index contributed by atoms with van der Waals surface area (Å²) in [6.07, 6.45) is 10.1. The van der Waals surface area contributed by atoms with Crippen LogP contribution in [0.5, 0.6) is 0 Å². The van der Waals surface area contributed by atoms with E-state index in [1.807, 2.05) is 0 Å². The average Bonchev–Trinajstić information content (AvgIpc) is 2.98. The van der Waals surface area contributed by atoms with Crippen LogP contribution in [0.1, 0.15) is 51.4 Å². The van der Waals surface area contributed by atoms with Crippen LogP contribution in [0.25, 0.3) is 0 Å². The van der Waals surface area contributed by atoms with Crippen molar-refractivity contribution in [2.75, 3.05) is 26.7 Å². The molecule has 1 atom stereocenters. The van der Waals surface area contributed by atoms with Gasteiger partial charge in [-0.1, -0.05) is 19.3 Å². The van der Waals surface area contributed by atoms with Crippen LogP contribution in [0.15, 0.2) is 0 Å². The van der Waals surface area contributed by atoms with Gasteiger partial charge in [0.15, 0.2) is 0 Å². The first-order chi connectivity index (χ1) is 9.27. The third-order valence-electron chi connectivity index (χ3n) is 4.56. The van der Waals surface area contributed by atoms with Gasteiger partial charge in [0.25, 0.3) is 0 Å². The lowest BCUT2D eigenvalue weighted by atomic mass is 9.94. The SMILES string of the molecule is CN(CCCNC(=O)C1CCCN1)C1CCCCC1. The van der Waals surface area contributed by atoms with Crippen molar-refractivity contribution in [1.82, 2.24) is 15.5 Å². The lowest BCUT2D eigenvalue weighted by Gasteiger charge is -2.31. The van der Waals surface area contributed by atoms with Gasteiger partial charge in [0.2, 0.25) is 5.91 Å². The average molecular weight is 267 g/mol. The molecule has 2 fully saturated rings. The van der Waals surface area contributed by atoms with E-state index in [9.17, 15) is 4.79 Å². The molecule has 0 radical (unpaired) electrons. The van der Waals surface area contributed by atoms with E-state index < -0.39 is 0 Å². The van der Waals surface area contributed by atoms with Crippen LogP contribution in [0.3, 0.4) is 0 Å². The fraction of sp³-hybridized carbons (Fsp3) is 0.933. The molecule has 1 saturated carbocycles. The van der Waals surface area contributed by atoms with Gasteiger partial charge in [0, 0.05) is 12.6 Å². The maximum absolute atomic E-state index is 11.8. The third-order valence-corrected chi connectivity index (χ3v) is 4.56. The zero-order valence-electron chi connectivity index (χ0n) is 12.3. The number of amides is 1. The van der Waals surface area contributed by atoms with E-state index >= 15 is 0 Å². The van der Waals surface area contributed by atoms with Gasteiger partial charge in [-0.05, 0) is 52.2 Å². The van der Waals surface area contributed by atoms with Crippen molar-refractivity contribution in [3.05, 3.63) is 0 Å². The summed E-state index contributed by atoms with van der Waals surface area (Å²) in [5.74, 6) is 0.192. The lowest BCUT2D eigenvalue weighted by molar-refractivity contribution is -0.122. The number of carbonyl (C=O) groups excluding carboxylic acids is 1. The molecule has 1 aliphatic carbocycles. The second-order valence-corrected chi connectivity index (χ2v) is 6.07. The van der Waals surface area contributed by atoms with Gasteiger partial charge in [-0.2, -0.15) is 0 Å². The first kappa shape index (κ1) is 14.8. The van der Waals surface area contributed by atoms with Crippen LogP contribution in [0, 0.1) is 0 Å². The number of hydrogen-bond donors (Lipinski definition) is 2. The van der Waals surface area contributed by atoms with Crippen LogP contribution >= 0.6 is 0 Å². The molecule has 1 aliphatic heterocycles. The Bertz CT molecular complexity index is 271. The fourth-order valence-electron chi connectivity index (χ4n) is 3.28. The number of nitrogens with one attached hydrogen (secondary N) is 2. The maximum Gasteiger partial charge on any atom is 0.237 e. The van der Waals surface area contributed by atoms with E-state index in [1.54, 1.807) is 0 Å². The first-order valence-electron chi connectivity index (χ1n) is 7.98. The van der Waals surface area contributed by atoms with Crippen molar-refractivity contribution in [3.8, 4) is 0 Å². The predicted molar refractivity (Wildman–Crippen MR) is 78.2 cm³/mol. The largest absolute Gasteiger partial charge is 0.355 e. The van der Waals surface area contributed by atoms with Gasteiger partial charge in [-0.15, -0.1) is 0 Å². The Labute approximate surface area is 117 Å². The molecule has 4 nitrogen and oxygen atoms in total. The van der Waals surface area contributed by atoms with Crippen LogP contribution in [0.4, 0.5) is 0 Å². The molecule has 2 rings (SSSR count). The number of nitrogens with zero attached hydrogens (tertiary/aromatic N) is 1. The Morgan fingerprint density at radius 2 is 2.00 bits per heavy atom. The van der Waals surface area contributed by atoms with E-state index in [1.165, 1.54) is 32.1 Å². The molecule has 2 aliphatic rings. The summed E-state index contributed by atoms with van der Waals surface area (Å²) in [6, 6.07) is 0.844. The molecule has 2 N–H and O–H groups in total. The van der Waals surface area contributed by atoms with E-state index in [0.717, 1.165) is 44.9 Å². The Balaban J connectivity index is 1.54. The molecule has 0 spiro atoms. The summed E-state index contributed by atoms with van der Waals surface area (Å²) in [7, 11) is 2.23. The van der Waals surface area contributed by atoms with Crippen LogP contribution < -0.4 is 10.6 Å². The highest BCUT2D eigenvalue weighted by molar-refractivity contribution is 5.81. The van der Waals surface area contributed by atoms with Crippen molar-refractivity contribution in [1.29, 1.82) is 0 Å². The Morgan fingerprint density at radius 1 is 1.21 bits per heavy atom. The van der Waals surface area contributed by atoms with Crippen LogP contribution in [0.2, 0.25) is 0 Å². The van der Waals surface area contributed by atoms with E-state index in [2.05, 4.69) is 22.6 Å². The molecule has 1 heterocycles. The van der Waals surface area contributed by atoms with Crippen molar-refractivity contribution >= 4 is 5.91 Å². The maximum atomic E-state index is 11.8. The topological polar surface area (TPSA) is 44.4 Å². The number of rotatable bonds is 6. The quantitative estimate of drug-likeness (QED) is 0.717. The van der Waals surface area contributed by atoms with Gasteiger partial charge in [0.1, 0.15) is 0 Å². The minimum atomic E-state index is 0.0658. The molecular weight excluding hydrogens is 238 g/mol. The van der Waals surface area contributed by atoms with Crippen LogP contribution in [-0.2, 0) is 4.79 Å². The Hall–Kier alpha value is -0.610. The van der Waals surface area contributed by atoms with Crippen molar-refractivity contribution in [2.45, 2.75) is 63.5 Å². The molecular formula is C15H29N3O. The highest BCUT2D eigenvalue weighted by atomic mass is 16.2. The van der Waals surface area contributed by atoms with Crippen molar-refractivity contribution in [2.24, 2.45) is 0 Å². The number of carbonyl (C=O) groups is 1. The molecule has 1 amide bonds. The molecule has 1 unspecified atom stereocenters. The molecule has 19 heavy (non-hydrogen) atoms. The second-order valence-electron chi connectivity index (χ2n) is 6.07. The van der Waals surface area contributed by atoms with Gasteiger partial charge < -0.3 is 15.5 Å². The fourth-order valence-corrected chi connectivity index (χ4v) is 3.28. The Morgan fingerprint density at radius 3 is 2.68 bits per heavy atom. The molecule has 0 bridgehead atoms. The minimum Gasteiger partial charge on any atom is -0.355 e. The first-order valence-corrected chi connectivity index (χ1v) is 7.98. The van der Waals surface area contributed by atoms with E-state index in [0.29, 0.717) is 0 Å². The lowest BCUT2D eigenvalue weighted by Crippen LogP contribution is -2.41. The van der Waals surface area contributed by atoms with Crippen molar-refractivity contribution in [3.63, 3.8) is 0 Å². The van der Waals surface area contributed by atoms with Crippen LogP contribution in [-0.4, -0.2) is 49.6 Å². The molecule has 4 heteroatoms. The van der Waals surface area contributed by atoms with Gasteiger partial charge >= 0.3 is 0 Å². The molecule has 0 aromatic rings.